The van der Waals surface area contributed by atoms with Gasteiger partial charge in [0.1, 0.15) is 5.82 Å². The van der Waals surface area contributed by atoms with Crippen LogP contribution in [-0.2, 0) is 0 Å². The molecule has 0 unspecified atom stereocenters. The van der Waals surface area contributed by atoms with Crippen molar-refractivity contribution in [2.45, 2.75) is 20.3 Å². The predicted octanol–water partition coefficient (Wildman–Crippen LogP) is 3.60. The van der Waals surface area contributed by atoms with Gasteiger partial charge in [0.15, 0.2) is 0 Å². The quantitative estimate of drug-likeness (QED) is 0.658. The van der Waals surface area contributed by atoms with E-state index in [4.69, 9.17) is 0 Å². The fourth-order valence-corrected chi connectivity index (χ4v) is 1.81. The Morgan fingerprint density at radius 3 is 2.79 bits per heavy atom. The summed E-state index contributed by atoms with van der Waals surface area (Å²) in [6.07, 6.45) is 1.08. The van der Waals surface area contributed by atoms with Crippen LogP contribution in [0.15, 0.2) is 30.3 Å². The van der Waals surface area contributed by atoms with Gasteiger partial charge in [-0.05, 0) is 30.5 Å². The van der Waals surface area contributed by atoms with E-state index in [0.717, 1.165) is 29.7 Å². The minimum atomic E-state index is -0.395. The van der Waals surface area contributed by atoms with Crippen LogP contribution in [0, 0.1) is 16.0 Å². The zero-order chi connectivity index (χ0) is 13.8. The summed E-state index contributed by atoms with van der Waals surface area (Å²) in [4.78, 5) is 14.7. The lowest BCUT2D eigenvalue weighted by atomic mass is 10.1. The van der Waals surface area contributed by atoms with Crippen LogP contribution in [0.25, 0.3) is 10.9 Å². The number of anilines is 1. The first-order chi connectivity index (χ1) is 9.06. The molecule has 100 valence electrons. The van der Waals surface area contributed by atoms with E-state index in [1.54, 1.807) is 12.1 Å². The summed E-state index contributed by atoms with van der Waals surface area (Å²) < 4.78 is 0. The van der Waals surface area contributed by atoms with Gasteiger partial charge in [0.05, 0.1) is 10.4 Å². The number of rotatable bonds is 5. The smallest absolute Gasteiger partial charge is 0.270 e. The van der Waals surface area contributed by atoms with Crippen molar-refractivity contribution in [3.8, 4) is 0 Å². The van der Waals surface area contributed by atoms with E-state index in [1.807, 2.05) is 12.1 Å². The van der Waals surface area contributed by atoms with Crippen molar-refractivity contribution in [3.05, 3.63) is 40.4 Å². The average Bonchev–Trinajstić information content (AvgIpc) is 2.37. The highest BCUT2D eigenvalue weighted by Crippen LogP contribution is 2.21. The lowest BCUT2D eigenvalue weighted by Crippen LogP contribution is -2.05. The lowest BCUT2D eigenvalue weighted by Gasteiger charge is -2.08. The van der Waals surface area contributed by atoms with E-state index in [1.165, 1.54) is 6.07 Å². The first-order valence-corrected chi connectivity index (χ1v) is 6.35. The van der Waals surface area contributed by atoms with Crippen molar-refractivity contribution in [2.24, 2.45) is 5.92 Å². The number of aromatic nitrogens is 1. The molecular formula is C14H17N3O2. The summed E-state index contributed by atoms with van der Waals surface area (Å²) >= 11 is 0. The first-order valence-electron chi connectivity index (χ1n) is 6.35. The summed E-state index contributed by atoms with van der Waals surface area (Å²) in [5.41, 5.74) is 0.856. The molecule has 2 rings (SSSR count). The molecule has 0 aliphatic heterocycles. The number of nitrogens with zero attached hydrogens (tertiary/aromatic N) is 2. The Hall–Kier alpha value is -2.17. The molecule has 0 atom stereocenters. The number of nitro groups is 1. The molecule has 1 aromatic heterocycles. The summed E-state index contributed by atoms with van der Waals surface area (Å²) in [6, 6.07) is 8.41. The Kier molecular flexibility index (Phi) is 3.94. The largest absolute Gasteiger partial charge is 0.370 e. The molecule has 0 saturated carbocycles. The summed E-state index contributed by atoms with van der Waals surface area (Å²) in [5, 5.41) is 14.7. The van der Waals surface area contributed by atoms with E-state index in [2.05, 4.69) is 24.1 Å². The molecule has 5 heteroatoms. The van der Waals surface area contributed by atoms with Crippen LogP contribution in [0.5, 0.6) is 0 Å². The second kappa shape index (κ2) is 5.65. The van der Waals surface area contributed by atoms with E-state index >= 15 is 0 Å². The highest BCUT2D eigenvalue weighted by molar-refractivity contribution is 5.82. The normalized spacial score (nSPS) is 10.9. The second-order valence-electron chi connectivity index (χ2n) is 4.94. The zero-order valence-corrected chi connectivity index (χ0v) is 11.1. The van der Waals surface area contributed by atoms with E-state index in [0.29, 0.717) is 5.92 Å². The van der Waals surface area contributed by atoms with Gasteiger partial charge in [0, 0.05) is 24.1 Å². The van der Waals surface area contributed by atoms with E-state index in [-0.39, 0.29) is 5.69 Å². The third-order valence-electron chi connectivity index (χ3n) is 2.91. The molecule has 0 amide bonds. The van der Waals surface area contributed by atoms with Gasteiger partial charge in [-0.1, -0.05) is 13.8 Å². The molecule has 1 aromatic carbocycles. The van der Waals surface area contributed by atoms with Crippen LogP contribution in [0.2, 0.25) is 0 Å². The van der Waals surface area contributed by atoms with Crippen LogP contribution in [0.3, 0.4) is 0 Å². The first kappa shape index (κ1) is 13.3. The molecule has 2 aromatic rings. The number of nitrogens with one attached hydrogen (secondary N) is 1. The van der Waals surface area contributed by atoms with Crippen LogP contribution in [0.4, 0.5) is 11.5 Å². The predicted molar refractivity (Wildman–Crippen MR) is 76.3 cm³/mol. The Bertz CT molecular complexity index is 596. The molecule has 1 heterocycles. The second-order valence-corrected chi connectivity index (χ2v) is 4.94. The average molecular weight is 259 g/mol. The van der Waals surface area contributed by atoms with Crippen molar-refractivity contribution in [2.75, 3.05) is 11.9 Å². The summed E-state index contributed by atoms with van der Waals surface area (Å²) in [7, 11) is 0. The van der Waals surface area contributed by atoms with Crippen LogP contribution >= 0.6 is 0 Å². The topological polar surface area (TPSA) is 68.1 Å². The Morgan fingerprint density at radius 1 is 1.32 bits per heavy atom. The van der Waals surface area contributed by atoms with Gasteiger partial charge in [0.2, 0.25) is 0 Å². The minimum Gasteiger partial charge on any atom is -0.370 e. The number of fused-ring (bicyclic) bond motifs is 1. The maximum absolute atomic E-state index is 10.7. The Morgan fingerprint density at radius 2 is 2.11 bits per heavy atom. The molecule has 0 bridgehead atoms. The van der Waals surface area contributed by atoms with Gasteiger partial charge in [-0.2, -0.15) is 0 Å². The monoisotopic (exact) mass is 259 g/mol. The van der Waals surface area contributed by atoms with Crippen molar-refractivity contribution >= 4 is 22.4 Å². The molecule has 0 spiro atoms. The summed E-state index contributed by atoms with van der Waals surface area (Å²) in [5.74, 6) is 1.46. The number of hydrogen-bond donors (Lipinski definition) is 1. The van der Waals surface area contributed by atoms with Gasteiger partial charge < -0.3 is 5.32 Å². The highest BCUT2D eigenvalue weighted by Gasteiger charge is 2.07. The van der Waals surface area contributed by atoms with Gasteiger partial charge in [-0.15, -0.1) is 0 Å². The van der Waals surface area contributed by atoms with Gasteiger partial charge in [0.25, 0.3) is 5.69 Å². The van der Waals surface area contributed by atoms with Gasteiger partial charge in [-0.25, -0.2) is 4.98 Å². The number of pyridine rings is 1. The highest BCUT2D eigenvalue weighted by atomic mass is 16.6. The molecule has 5 nitrogen and oxygen atoms in total. The zero-order valence-electron chi connectivity index (χ0n) is 11.1. The molecule has 0 saturated heterocycles. The third kappa shape index (κ3) is 3.40. The number of nitro benzene ring substituents is 1. The Labute approximate surface area is 111 Å². The van der Waals surface area contributed by atoms with Gasteiger partial charge >= 0.3 is 0 Å². The van der Waals surface area contributed by atoms with Crippen LogP contribution in [-0.4, -0.2) is 16.5 Å². The van der Waals surface area contributed by atoms with Crippen LogP contribution in [0.1, 0.15) is 20.3 Å². The molecule has 19 heavy (non-hydrogen) atoms. The molecule has 0 radical (unpaired) electrons. The number of hydrogen-bond acceptors (Lipinski definition) is 4. The van der Waals surface area contributed by atoms with Crippen LogP contribution < -0.4 is 5.32 Å². The maximum atomic E-state index is 10.7. The third-order valence-corrected chi connectivity index (χ3v) is 2.91. The fraction of sp³-hybridized carbons (Fsp3) is 0.357. The van der Waals surface area contributed by atoms with Gasteiger partial charge in [-0.3, -0.25) is 10.1 Å². The standard InChI is InChI=1S/C14H17N3O2/c1-10(2)7-8-15-14-6-3-11-9-12(17(18)19)4-5-13(11)16-14/h3-6,9-10H,7-8H2,1-2H3,(H,15,16). The molecule has 0 fully saturated rings. The van der Waals surface area contributed by atoms with Crippen molar-refractivity contribution in [1.29, 1.82) is 0 Å². The molecular weight excluding hydrogens is 242 g/mol. The number of non-ortho nitro benzene ring substituents is 1. The lowest BCUT2D eigenvalue weighted by molar-refractivity contribution is -0.384. The molecule has 1 N–H and O–H groups in total. The Balaban J connectivity index is 2.17. The SMILES string of the molecule is CC(C)CCNc1ccc2cc([N+](=O)[O-])ccc2n1. The number of benzene rings is 1. The summed E-state index contributed by atoms with van der Waals surface area (Å²) in [6.45, 7) is 5.23. The molecule has 0 aliphatic carbocycles. The van der Waals surface area contributed by atoms with Crippen molar-refractivity contribution < 1.29 is 4.92 Å². The molecule has 0 aliphatic rings. The maximum Gasteiger partial charge on any atom is 0.270 e. The van der Waals surface area contributed by atoms with E-state index < -0.39 is 4.92 Å². The van der Waals surface area contributed by atoms with Crippen molar-refractivity contribution in [3.63, 3.8) is 0 Å². The van der Waals surface area contributed by atoms with E-state index in [9.17, 15) is 10.1 Å². The minimum absolute atomic E-state index is 0.0924. The fourth-order valence-electron chi connectivity index (χ4n) is 1.81. The van der Waals surface area contributed by atoms with Crippen molar-refractivity contribution in [1.82, 2.24) is 4.98 Å².